The number of likely N-dealkylation sites (tertiary alicyclic amines) is 2. The molecule has 9 nitrogen and oxygen atoms in total. The highest BCUT2D eigenvalue weighted by Crippen LogP contribution is 2.30. The maximum atomic E-state index is 13.8. The lowest BCUT2D eigenvalue weighted by Crippen LogP contribution is -2.51. The van der Waals surface area contributed by atoms with Crippen molar-refractivity contribution in [2.24, 2.45) is 11.8 Å². The lowest BCUT2D eigenvalue weighted by molar-refractivity contribution is -0.152. The molecule has 3 aliphatic heterocycles. The van der Waals surface area contributed by atoms with Gasteiger partial charge in [-0.2, -0.15) is 0 Å². The summed E-state index contributed by atoms with van der Waals surface area (Å²) in [6.07, 6.45) is 2.85. The van der Waals surface area contributed by atoms with Crippen molar-refractivity contribution in [3.05, 3.63) is 63.6 Å². The highest BCUT2D eigenvalue weighted by molar-refractivity contribution is 6.42. The number of ether oxygens (including phenoxy) is 1. The maximum Gasteiger partial charge on any atom is 0.322 e. The van der Waals surface area contributed by atoms with E-state index in [1.54, 1.807) is 24.0 Å². The van der Waals surface area contributed by atoms with Crippen molar-refractivity contribution in [1.29, 1.82) is 0 Å². The number of nitrogens with one attached hydrogen (secondary N) is 1. The predicted molar refractivity (Wildman–Crippen MR) is 165 cm³/mol. The number of benzene rings is 2. The molecule has 0 spiro atoms. The molecule has 0 saturated carbocycles. The van der Waals surface area contributed by atoms with Crippen molar-refractivity contribution >= 4 is 52.7 Å². The number of halogens is 2. The zero-order chi connectivity index (χ0) is 30.5. The minimum absolute atomic E-state index is 0.0340. The molecule has 43 heavy (non-hydrogen) atoms. The van der Waals surface area contributed by atoms with E-state index in [0.29, 0.717) is 81.5 Å². The smallest absolute Gasteiger partial charge is 0.322 e. The minimum Gasteiger partial charge on any atom is -0.466 e. The third-order valence-electron chi connectivity index (χ3n) is 8.78. The molecule has 11 heteroatoms. The Balaban J connectivity index is 1.21. The molecule has 0 bridgehead atoms. The van der Waals surface area contributed by atoms with Gasteiger partial charge in [-0.3, -0.25) is 14.4 Å². The molecule has 4 amide bonds. The number of hydrogen-bond donors (Lipinski definition) is 1. The molecule has 2 fully saturated rings. The summed E-state index contributed by atoms with van der Waals surface area (Å²) in [5.74, 6) is -1.18. The van der Waals surface area contributed by atoms with Crippen LogP contribution in [0.1, 0.15) is 50.2 Å². The quantitative estimate of drug-likeness (QED) is 0.396. The standard InChI is InChI=1S/C32H38Cl2N4O5/c1-2-43-31(41)22-9-13-37(14-10-22)30(40)24(17-21-7-8-26(33)27(34)18-21)19-29(39)36-15-11-25(12-16-36)38-20-23-5-3-4-6-28(23)35-32(38)42/h3-8,18,22,24-25H,2,9-17,19-20H2,1H3,(H,35,42). The summed E-state index contributed by atoms with van der Waals surface area (Å²) in [5, 5.41) is 3.81. The van der Waals surface area contributed by atoms with Gasteiger partial charge in [0.25, 0.3) is 0 Å². The summed E-state index contributed by atoms with van der Waals surface area (Å²) in [6, 6.07) is 13.0. The topological polar surface area (TPSA) is 99.3 Å². The minimum atomic E-state index is -0.578. The van der Waals surface area contributed by atoms with E-state index in [4.69, 9.17) is 27.9 Å². The molecular formula is C32H38Cl2N4O5. The van der Waals surface area contributed by atoms with Crippen LogP contribution in [0.5, 0.6) is 0 Å². The van der Waals surface area contributed by atoms with Crippen LogP contribution in [0.3, 0.4) is 0 Å². The number of hydrogen-bond acceptors (Lipinski definition) is 5. The summed E-state index contributed by atoms with van der Waals surface area (Å²) in [4.78, 5) is 57.8. The summed E-state index contributed by atoms with van der Waals surface area (Å²) < 4.78 is 5.17. The van der Waals surface area contributed by atoms with Crippen LogP contribution in [0, 0.1) is 11.8 Å². The highest BCUT2D eigenvalue weighted by Gasteiger charge is 2.36. The third kappa shape index (κ3) is 7.44. The SMILES string of the molecule is CCOC(=O)C1CCN(C(=O)C(CC(=O)N2CCC(N3Cc4ccccc4NC3=O)CC2)Cc2ccc(Cl)c(Cl)c2)CC1. The second-order valence-corrected chi connectivity index (χ2v) is 12.3. The zero-order valence-corrected chi connectivity index (χ0v) is 25.9. The Bertz CT molecular complexity index is 1360. The summed E-state index contributed by atoms with van der Waals surface area (Å²) in [5.41, 5.74) is 2.76. The first-order valence-electron chi connectivity index (χ1n) is 15.1. The van der Waals surface area contributed by atoms with Crippen LogP contribution in [-0.4, -0.2) is 77.3 Å². The Hall–Kier alpha value is -3.30. The molecule has 0 aliphatic carbocycles. The molecule has 1 N–H and O–H groups in total. The fourth-order valence-corrected chi connectivity index (χ4v) is 6.66. The van der Waals surface area contributed by atoms with Gasteiger partial charge in [0.1, 0.15) is 0 Å². The van der Waals surface area contributed by atoms with E-state index in [0.717, 1.165) is 16.8 Å². The molecule has 2 aromatic rings. The Morgan fingerprint density at radius 2 is 1.65 bits per heavy atom. The third-order valence-corrected chi connectivity index (χ3v) is 9.52. The zero-order valence-electron chi connectivity index (χ0n) is 24.4. The molecule has 0 radical (unpaired) electrons. The van der Waals surface area contributed by atoms with Crippen LogP contribution >= 0.6 is 23.2 Å². The first-order valence-corrected chi connectivity index (χ1v) is 15.8. The summed E-state index contributed by atoms with van der Waals surface area (Å²) >= 11 is 12.4. The largest absolute Gasteiger partial charge is 0.466 e. The van der Waals surface area contributed by atoms with E-state index < -0.39 is 5.92 Å². The highest BCUT2D eigenvalue weighted by atomic mass is 35.5. The molecule has 1 atom stereocenters. The van der Waals surface area contributed by atoms with Gasteiger partial charge in [-0.25, -0.2) is 4.79 Å². The number of nitrogens with zero attached hydrogens (tertiary/aromatic N) is 3. The molecule has 0 aromatic heterocycles. The fourth-order valence-electron chi connectivity index (χ4n) is 6.34. The molecule has 2 saturated heterocycles. The van der Waals surface area contributed by atoms with Gasteiger partial charge in [0, 0.05) is 50.9 Å². The number of fused-ring (bicyclic) bond motifs is 1. The summed E-state index contributed by atoms with van der Waals surface area (Å²) in [6.45, 7) is 4.60. The second kappa shape index (κ2) is 14.0. The Morgan fingerprint density at radius 3 is 2.35 bits per heavy atom. The van der Waals surface area contributed by atoms with Gasteiger partial charge < -0.3 is 24.8 Å². The second-order valence-electron chi connectivity index (χ2n) is 11.5. The van der Waals surface area contributed by atoms with Gasteiger partial charge in [0.15, 0.2) is 0 Å². The van der Waals surface area contributed by atoms with E-state index in [1.165, 1.54) is 0 Å². The summed E-state index contributed by atoms with van der Waals surface area (Å²) in [7, 11) is 0. The number of carbonyl (C=O) groups excluding carboxylic acids is 4. The molecule has 3 aliphatic rings. The molecule has 3 heterocycles. The Morgan fingerprint density at radius 1 is 0.953 bits per heavy atom. The maximum absolute atomic E-state index is 13.8. The van der Waals surface area contributed by atoms with Crippen molar-refractivity contribution in [2.45, 2.75) is 58.0 Å². The molecule has 230 valence electrons. The van der Waals surface area contributed by atoms with Crippen molar-refractivity contribution in [3.63, 3.8) is 0 Å². The van der Waals surface area contributed by atoms with E-state index in [-0.39, 0.29) is 42.2 Å². The number of rotatable bonds is 8. The van der Waals surface area contributed by atoms with Crippen LogP contribution in [0.2, 0.25) is 10.0 Å². The van der Waals surface area contributed by atoms with E-state index in [1.807, 2.05) is 40.1 Å². The van der Waals surface area contributed by atoms with E-state index in [2.05, 4.69) is 5.32 Å². The normalized spacial score (nSPS) is 18.6. The lowest BCUT2D eigenvalue weighted by atomic mass is 9.91. The number of anilines is 1. The predicted octanol–water partition coefficient (Wildman–Crippen LogP) is 5.38. The molecule has 2 aromatic carbocycles. The first-order chi connectivity index (χ1) is 20.7. The number of piperidine rings is 2. The van der Waals surface area contributed by atoms with Gasteiger partial charge in [0.2, 0.25) is 11.8 Å². The van der Waals surface area contributed by atoms with Gasteiger partial charge >= 0.3 is 12.0 Å². The van der Waals surface area contributed by atoms with Gasteiger partial charge in [-0.05, 0) is 68.4 Å². The van der Waals surface area contributed by atoms with Crippen LogP contribution in [0.25, 0.3) is 0 Å². The van der Waals surface area contributed by atoms with Crippen LogP contribution < -0.4 is 5.32 Å². The van der Waals surface area contributed by atoms with Crippen molar-refractivity contribution in [3.8, 4) is 0 Å². The van der Waals surface area contributed by atoms with E-state index >= 15 is 0 Å². The average Bonchev–Trinajstić information content (AvgIpc) is 3.02. The van der Waals surface area contributed by atoms with Crippen LogP contribution in [0.15, 0.2) is 42.5 Å². The van der Waals surface area contributed by atoms with Crippen LogP contribution in [0.4, 0.5) is 10.5 Å². The van der Waals surface area contributed by atoms with Gasteiger partial charge in [0.05, 0.1) is 28.5 Å². The Labute approximate surface area is 262 Å². The van der Waals surface area contributed by atoms with Crippen molar-refractivity contribution in [1.82, 2.24) is 14.7 Å². The fraction of sp³-hybridized carbons (Fsp3) is 0.500. The number of urea groups is 1. The molecule has 5 rings (SSSR count). The van der Waals surface area contributed by atoms with Crippen LogP contribution in [-0.2, 0) is 32.1 Å². The molecule has 1 unspecified atom stereocenters. The monoisotopic (exact) mass is 628 g/mol. The van der Waals surface area contributed by atoms with Crippen molar-refractivity contribution in [2.75, 3.05) is 38.1 Å². The molecular weight excluding hydrogens is 591 g/mol. The Kier molecular flexibility index (Phi) is 10.1. The van der Waals surface area contributed by atoms with Crippen molar-refractivity contribution < 1.29 is 23.9 Å². The van der Waals surface area contributed by atoms with Gasteiger partial charge in [-0.1, -0.05) is 47.5 Å². The number of esters is 1. The average molecular weight is 630 g/mol. The first kappa shape index (κ1) is 31.1. The van der Waals surface area contributed by atoms with Gasteiger partial charge in [-0.15, -0.1) is 0 Å². The number of amides is 4. The lowest BCUT2D eigenvalue weighted by Gasteiger charge is -2.41. The number of carbonyl (C=O) groups is 4. The number of para-hydroxylation sites is 1. The van der Waals surface area contributed by atoms with E-state index in [9.17, 15) is 19.2 Å².